The minimum absolute atomic E-state index is 0.0676. The summed E-state index contributed by atoms with van der Waals surface area (Å²) in [6.07, 6.45) is 2.89. The van der Waals surface area contributed by atoms with E-state index in [1.807, 2.05) is 6.07 Å². The zero-order chi connectivity index (χ0) is 15.0. The second-order valence-electron chi connectivity index (χ2n) is 4.46. The Kier molecular flexibility index (Phi) is 3.30. The first-order valence-electron chi connectivity index (χ1n) is 6.02. The molecule has 3 aromatic rings. The number of benzene rings is 1. The van der Waals surface area contributed by atoms with Crippen LogP contribution in [0.1, 0.15) is 0 Å². The first-order valence-corrected chi connectivity index (χ1v) is 8.29. The van der Waals surface area contributed by atoms with Crippen molar-refractivity contribution in [1.82, 2.24) is 14.6 Å². The average Bonchev–Trinajstić information content (AvgIpc) is 2.86. The van der Waals surface area contributed by atoms with Gasteiger partial charge in [0.25, 0.3) is 0 Å². The van der Waals surface area contributed by atoms with E-state index in [0.717, 1.165) is 6.26 Å². The van der Waals surface area contributed by atoms with Crippen molar-refractivity contribution in [2.45, 2.75) is 4.90 Å². The highest BCUT2D eigenvalue weighted by atomic mass is 35.5. The molecule has 0 atom stereocenters. The number of nitrogens with zero attached hydrogens (tertiary/aromatic N) is 3. The molecule has 21 heavy (non-hydrogen) atoms. The maximum absolute atomic E-state index is 11.8. The van der Waals surface area contributed by atoms with Crippen LogP contribution in [-0.4, -0.2) is 29.3 Å². The van der Waals surface area contributed by atoms with Gasteiger partial charge in [0.1, 0.15) is 5.52 Å². The Hall–Kier alpha value is -2.12. The second-order valence-corrected chi connectivity index (χ2v) is 6.78. The zero-order valence-corrected chi connectivity index (χ0v) is 12.6. The summed E-state index contributed by atoms with van der Waals surface area (Å²) in [5, 5.41) is 7.10. The van der Waals surface area contributed by atoms with Crippen LogP contribution >= 0.6 is 11.6 Å². The molecule has 0 amide bonds. The van der Waals surface area contributed by atoms with E-state index in [0.29, 0.717) is 17.0 Å². The van der Waals surface area contributed by atoms with E-state index in [9.17, 15) is 8.42 Å². The van der Waals surface area contributed by atoms with Gasteiger partial charge in [0.15, 0.2) is 15.7 Å². The molecule has 0 unspecified atom stereocenters. The lowest BCUT2D eigenvalue weighted by Gasteiger charge is -2.11. The van der Waals surface area contributed by atoms with Crippen molar-refractivity contribution in [3.63, 3.8) is 0 Å². The normalized spacial score (nSPS) is 11.7. The van der Waals surface area contributed by atoms with Gasteiger partial charge in [0.05, 0.1) is 10.6 Å². The molecule has 0 spiro atoms. The molecule has 0 aliphatic carbocycles. The standard InChI is InChI=1S/C13H11ClN4O2S/c1-21(19,20)11-7-3-2-5-9(11)15-12-10-6-4-8-18(10)17-13(14)16-12/h2-8H,1H3,(H,15,16,17). The summed E-state index contributed by atoms with van der Waals surface area (Å²) in [6, 6.07) is 10.2. The number of nitrogens with one attached hydrogen (secondary N) is 1. The van der Waals surface area contributed by atoms with Crippen molar-refractivity contribution in [1.29, 1.82) is 0 Å². The van der Waals surface area contributed by atoms with Crippen LogP contribution in [0.3, 0.4) is 0 Å². The Morgan fingerprint density at radius 3 is 2.71 bits per heavy atom. The smallest absolute Gasteiger partial charge is 0.243 e. The predicted molar refractivity (Wildman–Crippen MR) is 80.8 cm³/mol. The van der Waals surface area contributed by atoms with Crippen LogP contribution in [0.4, 0.5) is 11.5 Å². The lowest BCUT2D eigenvalue weighted by atomic mass is 10.3. The molecule has 0 fully saturated rings. The fourth-order valence-corrected chi connectivity index (χ4v) is 3.03. The number of anilines is 2. The van der Waals surface area contributed by atoms with Crippen LogP contribution in [0.2, 0.25) is 5.28 Å². The quantitative estimate of drug-likeness (QED) is 0.802. The average molecular weight is 323 g/mol. The van der Waals surface area contributed by atoms with Crippen LogP contribution in [0.5, 0.6) is 0 Å². The van der Waals surface area contributed by atoms with Crippen molar-refractivity contribution in [3.05, 3.63) is 47.9 Å². The third-order valence-electron chi connectivity index (χ3n) is 2.90. The molecular weight excluding hydrogens is 312 g/mol. The highest BCUT2D eigenvalue weighted by Crippen LogP contribution is 2.26. The zero-order valence-electron chi connectivity index (χ0n) is 11.0. The first kappa shape index (κ1) is 13.8. The summed E-state index contributed by atoms with van der Waals surface area (Å²) in [6.45, 7) is 0. The van der Waals surface area contributed by atoms with Gasteiger partial charge < -0.3 is 5.32 Å². The molecule has 8 heteroatoms. The molecular formula is C13H11ClN4O2S. The summed E-state index contributed by atoms with van der Waals surface area (Å²) in [5.41, 5.74) is 1.14. The van der Waals surface area contributed by atoms with Gasteiger partial charge in [-0.25, -0.2) is 12.9 Å². The van der Waals surface area contributed by atoms with Gasteiger partial charge in [-0.2, -0.15) is 4.98 Å². The van der Waals surface area contributed by atoms with Crippen molar-refractivity contribution in [2.75, 3.05) is 11.6 Å². The van der Waals surface area contributed by atoms with Crippen molar-refractivity contribution >= 4 is 38.5 Å². The van der Waals surface area contributed by atoms with Gasteiger partial charge in [0, 0.05) is 12.5 Å². The van der Waals surface area contributed by atoms with E-state index in [2.05, 4.69) is 15.4 Å². The van der Waals surface area contributed by atoms with E-state index in [-0.39, 0.29) is 10.2 Å². The summed E-state index contributed by atoms with van der Waals surface area (Å²) in [4.78, 5) is 4.32. The van der Waals surface area contributed by atoms with E-state index in [1.165, 1.54) is 6.07 Å². The molecule has 0 radical (unpaired) electrons. The molecule has 1 N–H and O–H groups in total. The minimum Gasteiger partial charge on any atom is -0.337 e. The van der Waals surface area contributed by atoms with Gasteiger partial charge >= 0.3 is 0 Å². The Morgan fingerprint density at radius 2 is 1.95 bits per heavy atom. The number of sulfone groups is 1. The molecule has 0 saturated carbocycles. The maximum atomic E-state index is 11.8. The topological polar surface area (TPSA) is 76.4 Å². The molecule has 3 rings (SSSR count). The Labute approximate surface area is 126 Å². The largest absolute Gasteiger partial charge is 0.337 e. The Balaban J connectivity index is 2.14. The van der Waals surface area contributed by atoms with Crippen molar-refractivity contribution in [3.8, 4) is 0 Å². The van der Waals surface area contributed by atoms with E-state index < -0.39 is 9.84 Å². The molecule has 0 saturated heterocycles. The molecule has 1 aromatic carbocycles. The monoisotopic (exact) mass is 322 g/mol. The van der Waals surface area contributed by atoms with Crippen molar-refractivity contribution in [2.24, 2.45) is 0 Å². The lowest BCUT2D eigenvalue weighted by molar-refractivity contribution is 0.602. The molecule has 2 aromatic heterocycles. The summed E-state index contributed by atoms with van der Waals surface area (Å²) >= 11 is 5.88. The summed E-state index contributed by atoms with van der Waals surface area (Å²) < 4.78 is 25.2. The predicted octanol–water partition coefficient (Wildman–Crippen LogP) is 2.53. The fraction of sp³-hybridized carbons (Fsp3) is 0.0769. The van der Waals surface area contributed by atoms with E-state index in [4.69, 9.17) is 11.6 Å². The third kappa shape index (κ3) is 2.70. The maximum Gasteiger partial charge on any atom is 0.243 e. The van der Waals surface area contributed by atoms with Gasteiger partial charge in [-0.1, -0.05) is 12.1 Å². The highest BCUT2D eigenvalue weighted by molar-refractivity contribution is 7.90. The first-order chi connectivity index (χ1) is 9.95. The van der Waals surface area contributed by atoms with Gasteiger partial charge in [-0.3, -0.25) is 0 Å². The van der Waals surface area contributed by atoms with Gasteiger partial charge in [0.2, 0.25) is 5.28 Å². The minimum atomic E-state index is -3.35. The Bertz CT molecular complexity index is 921. The molecule has 6 nitrogen and oxygen atoms in total. The number of aromatic nitrogens is 3. The third-order valence-corrected chi connectivity index (χ3v) is 4.22. The fourth-order valence-electron chi connectivity index (χ4n) is 2.02. The number of hydrogen-bond donors (Lipinski definition) is 1. The van der Waals surface area contributed by atoms with Crippen LogP contribution in [0.15, 0.2) is 47.5 Å². The van der Waals surface area contributed by atoms with Gasteiger partial charge in [-0.15, -0.1) is 5.10 Å². The van der Waals surface area contributed by atoms with Crippen LogP contribution < -0.4 is 5.32 Å². The molecule has 2 heterocycles. The summed E-state index contributed by atoms with van der Waals surface area (Å²) in [7, 11) is -3.35. The molecule has 0 bridgehead atoms. The number of hydrogen-bond acceptors (Lipinski definition) is 5. The van der Waals surface area contributed by atoms with E-state index >= 15 is 0 Å². The van der Waals surface area contributed by atoms with Gasteiger partial charge in [-0.05, 0) is 35.9 Å². The molecule has 108 valence electrons. The lowest BCUT2D eigenvalue weighted by Crippen LogP contribution is -2.05. The number of halogens is 1. The molecule has 0 aliphatic heterocycles. The summed E-state index contributed by atoms with van der Waals surface area (Å²) in [5.74, 6) is 0.441. The van der Waals surface area contributed by atoms with Crippen molar-refractivity contribution < 1.29 is 8.42 Å². The Morgan fingerprint density at radius 1 is 1.19 bits per heavy atom. The number of para-hydroxylation sites is 1. The van der Waals surface area contributed by atoms with Crippen LogP contribution in [0, 0.1) is 0 Å². The number of fused-ring (bicyclic) bond motifs is 1. The SMILES string of the molecule is CS(=O)(=O)c1ccccc1Nc1nc(Cl)nn2cccc12. The highest BCUT2D eigenvalue weighted by Gasteiger charge is 2.14. The second kappa shape index (κ2) is 5.01. The van der Waals surface area contributed by atoms with Crippen LogP contribution in [-0.2, 0) is 9.84 Å². The number of rotatable bonds is 3. The van der Waals surface area contributed by atoms with Crippen LogP contribution in [0.25, 0.3) is 5.52 Å². The molecule has 0 aliphatic rings. The van der Waals surface area contributed by atoms with E-state index in [1.54, 1.807) is 35.0 Å².